The summed E-state index contributed by atoms with van der Waals surface area (Å²) in [6.07, 6.45) is 2.58. The first kappa shape index (κ1) is 22.5. The summed E-state index contributed by atoms with van der Waals surface area (Å²) in [5, 5.41) is 0. The van der Waals surface area contributed by atoms with Crippen molar-refractivity contribution in [1.29, 1.82) is 0 Å². The Kier molecular flexibility index (Phi) is 6.34. The second-order valence-electron chi connectivity index (χ2n) is 9.48. The molecule has 2 aliphatic heterocycles. The van der Waals surface area contributed by atoms with Gasteiger partial charge in [-0.1, -0.05) is 48.5 Å². The molecule has 1 saturated heterocycles. The lowest BCUT2D eigenvalue weighted by atomic mass is 9.79. The highest BCUT2D eigenvalue weighted by Crippen LogP contribution is 2.50. The lowest BCUT2D eigenvalue weighted by Crippen LogP contribution is -2.34. The number of rotatable bonds is 7. The molecule has 5 rings (SSSR count). The van der Waals surface area contributed by atoms with Gasteiger partial charge in [0.2, 0.25) is 0 Å². The normalized spacial score (nSPS) is 17.3. The Bertz CT molecular complexity index is 1180. The molecule has 0 unspecified atom stereocenters. The number of nitrogens with zero attached hydrogens (tertiary/aromatic N) is 1. The molecule has 0 spiro atoms. The Balaban J connectivity index is 1.64. The first-order chi connectivity index (χ1) is 16.6. The van der Waals surface area contributed by atoms with Crippen LogP contribution in [0.1, 0.15) is 43.4 Å². The molecular formula is C30H33NO3. The number of likely N-dealkylation sites (tertiary alicyclic amines) is 1. The van der Waals surface area contributed by atoms with Crippen LogP contribution in [0.3, 0.4) is 0 Å². The standard InChI is InChI=1S/C30H33NO3/c1-30(2)29(22-11-5-4-6-12-22)28(25-16-15-23(32-3)21-27(25)34-30)24-13-7-8-14-26(24)33-20-19-31-17-9-10-18-31/h4-8,11-16,21H,9-10,17-20H2,1-3H3. The maximum atomic E-state index is 6.58. The van der Waals surface area contributed by atoms with Crippen molar-refractivity contribution in [3.05, 3.63) is 89.5 Å². The number of fused-ring (bicyclic) bond motifs is 1. The Hall–Kier alpha value is -3.24. The van der Waals surface area contributed by atoms with Gasteiger partial charge >= 0.3 is 0 Å². The van der Waals surface area contributed by atoms with Crippen molar-refractivity contribution >= 4 is 11.1 Å². The molecular weight excluding hydrogens is 422 g/mol. The Morgan fingerprint density at radius 2 is 1.62 bits per heavy atom. The van der Waals surface area contributed by atoms with Gasteiger partial charge in [0.15, 0.2) is 0 Å². The van der Waals surface area contributed by atoms with Gasteiger partial charge in [-0.2, -0.15) is 0 Å². The molecule has 0 aliphatic carbocycles. The molecule has 0 N–H and O–H groups in total. The van der Waals surface area contributed by atoms with Crippen LogP contribution in [0.4, 0.5) is 0 Å². The predicted molar refractivity (Wildman–Crippen MR) is 138 cm³/mol. The van der Waals surface area contributed by atoms with Gasteiger partial charge < -0.3 is 14.2 Å². The van der Waals surface area contributed by atoms with E-state index in [1.54, 1.807) is 7.11 Å². The maximum absolute atomic E-state index is 6.58. The van der Waals surface area contributed by atoms with Crippen LogP contribution in [0.2, 0.25) is 0 Å². The van der Waals surface area contributed by atoms with E-state index in [1.807, 2.05) is 12.1 Å². The Morgan fingerprint density at radius 1 is 0.882 bits per heavy atom. The molecule has 0 amide bonds. The van der Waals surface area contributed by atoms with Gasteiger partial charge in [0.25, 0.3) is 0 Å². The largest absolute Gasteiger partial charge is 0.497 e. The average Bonchev–Trinajstić information content (AvgIpc) is 3.37. The van der Waals surface area contributed by atoms with E-state index in [-0.39, 0.29) is 0 Å². The number of hydrogen-bond donors (Lipinski definition) is 0. The van der Waals surface area contributed by atoms with E-state index < -0.39 is 5.60 Å². The zero-order valence-electron chi connectivity index (χ0n) is 20.3. The minimum absolute atomic E-state index is 0.543. The zero-order valence-corrected chi connectivity index (χ0v) is 20.3. The monoisotopic (exact) mass is 455 g/mol. The highest BCUT2D eigenvalue weighted by Gasteiger charge is 2.37. The summed E-state index contributed by atoms with van der Waals surface area (Å²) in [6, 6.07) is 25.0. The second-order valence-corrected chi connectivity index (χ2v) is 9.48. The molecule has 3 aromatic rings. The van der Waals surface area contributed by atoms with Gasteiger partial charge in [-0.15, -0.1) is 0 Å². The van der Waals surface area contributed by atoms with Crippen LogP contribution in [0.15, 0.2) is 72.8 Å². The van der Waals surface area contributed by atoms with Crippen LogP contribution in [-0.2, 0) is 0 Å². The Labute approximate surface area is 202 Å². The van der Waals surface area contributed by atoms with Crippen LogP contribution >= 0.6 is 0 Å². The van der Waals surface area contributed by atoms with E-state index in [0.717, 1.165) is 51.6 Å². The SMILES string of the molecule is COc1ccc2c(c1)OC(C)(C)C(c1ccccc1)=C2c1ccccc1OCCN1CCCC1. The lowest BCUT2D eigenvalue weighted by molar-refractivity contribution is 0.168. The molecule has 2 aliphatic rings. The van der Waals surface area contributed by atoms with Gasteiger partial charge in [0.05, 0.1) is 7.11 Å². The second kappa shape index (κ2) is 9.55. The average molecular weight is 456 g/mol. The fraction of sp³-hybridized carbons (Fsp3) is 0.333. The highest BCUT2D eigenvalue weighted by atomic mass is 16.5. The van der Waals surface area contributed by atoms with E-state index in [4.69, 9.17) is 14.2 Å². The molecule has 0 radical (unpaired) electrons. The molecule has 4 nitrogen and oxygen atoms in total. The molecule has 3 aromatic carbocycles. The summed E-state index contributed by atoms with van der Waals surface area (Å²) < 4.78 is 18.5. The van der Waals surface area contributed by atoms with Gasteiger partial charge in [-0.05, 0) is 63.5 Å². The van der Waals surface area contributed by atoms with Crippen molar-refractivity contribution in [2.24, 2.45) is 0 Å². The van der Waals surface area contributed by atoms with Crippen molar-refractivity contribution in [2.75, 3.05) is 33.4 Å². The third-order valence-corrected chi connectivity index (χ3v) is 6.76. The van der Waals surface area contributed by atoms with Gasteiger partial charge in [-0.3, -0.25) is 4.90 Å². The molecule has 2 heterocycles. The molecule has 0 aromatic heterocycles. The highest BCUT2D eigenvalue weighted by molar-refractivity contribution is 6.05. The first-order valence-electron chi connectivity index (χ1n) is 12.2. The summed E-state index contributed by atoms with van der Waals surface area (Å²) in [5.74, 6) is 2.52. The molecule has 176 valence electrons. The van der Waals surface area contributed by atoms with E-state index in [2.05, 4.69) is 79.4 Å². The first-order valence-corrected chi connectivity index (χ1v) is 12.2. The lowest BCUT2D eigenvalue weighted by Gasteiger charge is -2.38. The molecule has 0 saturated carbocycles. The van der Waals surface area contributed by atoms with Crippen molar-refractivity contribution in [3.8, 4) is 17.2 Å². The van der Waals surface area contributed by atoms with Crippen LogP contribution in [-0.4, -0.2) is 43.9 Å². The Morgan fingerprint density at radius 3 is 2.38 bits per heavy atom. The number of hydrogen-bond acceptors (Lipinski definition) is 4. The fourth-order valence-corrected chi connectivity index (χ4v) is 5.15. The third-order valence-electron chi connectivity index (χ3n) is 6.76. The fourth-order valence-electron chi connectivity index (χ4n) is 5.15. The van der Waals surface area contributed by atoms with Gasteiger partial charge in [0.1, 0.15) is 29.5 Å². The summed E-state index contributed by atoms with van der Waals surface area (Å²) in [6.45, 7) is 8.26. The van der Waals surface area contributed by atoms with Crippen LogP contribution in [0.25, 0.3) is 11.1 Å². The van der Waals surface area contributed by atoms with Crippen LogP contribution < -0.4 is 14.2 Å². The predicted octanol–water partition coefficient (Wildman–Crippen LogP) is 6.30. The zero-order chi connectivity index (χ0) is 23.5. The van der Waals surface area contributed by atoms with E-state index in [0.29, 0.717) is 6.61 Å². The summed E-state index contributed by atoms with van der Waals surface area (Å²) in [7, 11) is 1.69. The smallest absolute Gasteiger partial charge is 0.132 e. The number of para-hydroxylation sites is 1. The van der Waals surface area contributed by atoms with Crippen molar-refractivity contribution < 1.29 is 14.2 Å². The van der Waals surface area contributed by atoms with E-state index in [1.165, 1.54) is 25.9 Å². The van der Waals surface area contributed by atoms with Crippen molar-refractivity contribution in [1.82, 2.24) is 4.90 Å². The molecule has 0 atom stereocenters. The van der Waals surface area contributed by atoms with Gasteiger partial charge in [0, 0.05) is 34.9 Å². The van der Waals surface area contributed by atoms with Crippen LogP contribution in [0, 0.1) is 0 Å². The summed E-state index contributed by atoms with van der Waals surface area (Å²) >= 11 is 0. The minimum atomic E-state index is -0.543. The third kappa shape index (κ3) is 4.43. The number of ether oxygens (including phenoxy) is 3. The molecule has 0 bridgehead atoms. The quantitative estimate of drug-likeness (QED) is 0.418. The van der Waals surface area contributed by atoms with Crippen LogP contribution in [0.5, 0.6) is 17.2 Å². The number of methoxy groups -OCH3 is 1. The topological polar surface area (TPSA) is 30.9 Å². The van der Waals surface area contributed by atoms with E-state index in [9.17, 15) is 0 Å². The molecule has 34 heavy (non-hydrogen) atoms. The van der Waals surface area contributed by atoms with Crippen molar-refractivity contribution in [3.63, 3.8) is 0 Å². The van der Waals surface area contributed by atoms with Gasteiger partial charge in [-0.25, -0.2) is 0 Å². The number of benzene rings is 3. The molecule has 4 heteroatoms. The van der Waals surface area contributed by atoms with Crippen molar-refractivity contribution in [2.45, 2.75) is 32.3 Å². The molecule has 1 fully saturated rings. The maximum Gasteiger partial charge on any atom is 0.132 e. The van der Waals surface area contributed by atoms with E-state index >= 15 is 0 Å². The summed E-state index contributed by atoms with van der Waals surface area (Å²) in [5.41, 5.74) is 5.05. The minimum Gasteiger partial charge on any atom is -0.497 e. The summed E-state index contributed by atoms with van der Waals surface area (Å²) in [4.78, 5) is 2.48.